The van der Waals surface area contributed by atoms with E-state index in [4.69, 9.17) is 4.74 Å². The third-order valence-corrected chi connectivity index (χ3v) is 10.5. The number of benzene rings is 5. The number of para-hydroxylation sites is 1. The highest BCUT2D eigenvalue weighted by Gasteiger charge is 2.32. The molecule has 0 N–H and O–H groups in total. The maximum absolute atomic E-state index is 14.0. The van der Waals surface area contributed by atoms with E-state index in [2.05, 4.69) is 0 Å². The topological polar surface area (TPSA) is 104 Å². The first-order chi connectivity index (χ1) is 23.2. The van der Waals surface area contributed by atoms with Gasteiger partial charge in [0.1, 0.15) is 11.5 Å². The molecule has 9 nitrogen and oxygen atoms in total. The van der Waals surface area contributed by atoms with E-state index >= 15 is 0 Å². The largest absolute Gasteiger partial charge is 0.457 e. The molecule has 6 rings (SSSR count). The Morgan fingerprint density at radius 1 is 0.708 bits per heavy atom. The minimum atomic E-state index is -3.69. The van der Waals surface area contributed by atoms with Crippen LogP contribution in [0.15, 0.2) is 120 Å². The maximum atomic E-state index is 14.0. The van der Waals surface area contributed by atoms with Gasteiger partial charge in [0, 0.05) is 53.9 Å². The normalized spacial score (nSPS) is 12.9. The first kappa shape index (κ1) is 32.6. The van der Waals surface area contributed by atoms with E-state index in [1.807, 2.05) is 42.5 Å². The average Bonchev–Trinajstić information content (AvgIpc) is 3.11. The Kier molecular flexibility index (Phi) is 9.38. The van der Waals surface area contributed by atoms with Crippen LogP contribution in [-0.4, -0.2) is 61.5 Å². The van der Waals surface area contributed by atoms with Crippen molar-refractivity contribution in [1.29, 1.82) is 0 Å². The fourth-order valence-electron chi connectivity index (χ4n) is 5.98. The fraction of sp³-hybridized carbons (Fsp3) is 0.184. The monoisotopic (exact) mass is 661 g/mol. The second-order valence-electron chi connectivity index (χ2n) is 11.3. The number of nitrogens with zero attached hydrogens (tertiary/aromatic N) is 3. The summed E-state index contributed by atoms with van der Waals surface area (Å²) in [6.07, 6.45) is 0.304. The van der Waals surface area contributed by atoms with Crippen LogP contribution in [0.2, 0.25) is 0 Å². The Morgan fingerprint density at radius 2 is 1.29 bits per heavy atom. The molecule has 0 aromatic heterocycles. The van der Waals surface area contributed by atoms with Crippen molar-refractivity contribution in [1.82, 2.24) is 9.21 Å². The average molecular weight is 662 g/mol. The zero-order valence-corrected chi connectivity index (χ0v) is 27.5. The van der Waals surface area contributed by atoms with Gasteiger partial charge < -0.3 is 9.64 Å². The van der Waals surface area contributed by atoms with Crippen LogP contribution in [-0.2, 0) is 10.0 Å². The van der Waals surface area contributed by atoms with Gasteiger partial charge in [-0.3, -0.25) is 19.3 Å². The number of ether oxygens (including phenoxy) is 1. The van der Waals surface area contributed by atoms with Crippen LogP contribution in [0.5, 0.6) is 11.5 Å². The van der Waals surface area contributed by atoms with Gasteiger partial charge in [-0.25, -0.2) is 8.42 Å². The lowest BCUT2D eigenvalue weighted by molar-refractivity contribution is 0.0609. The Hall–Kier alpha value is -5.32. The summed E-state index contributed by atoms with van der Waals surface area (Å²) in [6.45, 7) is 4.50. The predicted octanol–water partition coefficient (Wildman–Crippen LogP) is 7.00. The van der Waals surface area contributed by atoms with Crippen LogP contribution in [0.25, 0.3) is 10.8 Å². The molecule has 0 spiro atoms. The van der Waals surface area contributed by atoms with Gasteiger partial charge in [-0.1, -0.05) is 56.3 Å². The highest BCUT2D eigenvalue weighted by atomic mass is 32.2. The zero-order valence-electron chi connectivity index (χ0n) is 26.7. The molecular formula is C38H35N3O6S. The molecule has 1 aliphatic heterocycles. The molecule has 0 fully saturated rings. The molecule has 0 radical (unpaired) electrons. The van der Waals surface area contributed by atoms with Crippen LogP contribution >= 0.6 is 0 Å². The highest BCUT2D eigenvalue weighted by molar-refractivity contribution is 7.89. The molecule has 1 aliphatic rings. The van der Waals surface area contributed by atoms with Crippen molar-refractivity contribution in [3.05, 3.63) is 132 Å². The van der Waals surface area contributed by atoms with Crippen molar-refractivity contribution in [2.45, 2.75) is 25.2 Å². The van der Waals surface area contributed by atoms with Gasteiger partial charge in [-0.2, -0.15) is 4.31 Å². The summed E-state index contributed by atoms with van der Waals surface area (Å²) in [6, 6.07) is 33.1. The number of imide groups is 1. The third kappa shape index (κ3) is 6.32. The summed E-state index contributed by atoms with van der Waals surface area (Å²) in [4.78, 5) is 43.9. The third-order valence-electron chi connectivity index (χ3n) is 8.44. The van der Waals surface area contributed by atoms with E-state index in [9.17, 15) is 22.8 Å². The standard InChI is InChI=1S/C38H35N3O6S/c1-3-39(4-2)48(45,46)32-23-17-28(18-24-32)36(42)40(29-19-21-31(22-20-29)47-30-13-6-5-7-14-30)25-10-26-41-37(43)33-15-8-11-27-12-9-16-34(35(27)33)38(41)44/h5-9,11-24H,3-4,10,25-26H2,1-2H3. The number of sulfonamides is 1. The summed E-state index contributed by atoms with van der Waals surface area (Å²) in [5, 5.41) is 1.49. The lowest BCUT2D eigenvalue weighted by Gasteiger charge is -2.29. The molecule has 0 unspecified atom stereocenters. The highest BCUT2D eigenvalue weighted by Crippen LogP contribution is 2.31. The molecule has 5 aromatic rings. The van der Waals surface area contributed by atoms with Crippen LogP contribution in [0.3, 0.4) is 0 Å². The number of hydrogen-bond acceptors (Lipinski definition) is 6. The molecule has 3 amide bonds. The van der Waals surface area contributed by atoms with Crippen molar-refractivity contribution in [2.24, 2.45) is 0 Å². The van der Waals surface area contributed by atoms with Gasteiger partial charge in [0.15, 0.2) is 0 Å². The summed E-state index contributed by atoms with van der Waals surface area (Å²) in [5.74, 6) is 0.167. The first-order valence-corrected chi connectivity index (χ1v) is 17.3. The second-order valence-corrected chi connectivity index (χ2v) is 13.2. The number of carbonyl (C=O) groups is 3. The number of anilines is 1. The number of hydrogen-bond donors (Lipinski definition) is 0. The zero-order chi connectivity index (χ0) is 33.8. The lowest BCUT2D eigenvalue weighted by atomic mass is 9.94. The van der Waals surface area contributed by atoms with Crippen LogP contribution in [0.1, 0.15) is 51.3 Å². The summed E-state index contributed by atoms with van der Waals surface area (Å²) in [5.41, 5.74) is 1.82. The first-order valence-electron chi connectivity index (χ1n) is 15.9. The molecule has 0 aliphatic carbocycles. The molecule has 244 valence electrons. The van der Waals surface area contributed by atoms with Crippen LogP contribution in [0, 0.1) is 0 Å². The minimum Gasteiger partial charge on any atom is -0.457 e. The molecule has 1 heterocycles. The van der Waals surface area contributed by atoms with Gasteiger partial charge in [-0.15, -0.1) is 0 Å². The van der Waals surface area contributed by atoms with Crippen molar-refractivity contribution in [3.8, 4) is 11.5 Å². The summed E-state index contributed by atoms with van der Waals surface area (Å²) in [7, 11) is -3.69. The van der Waals surface area contributed by atoms with E-state index in [1.54, 1.807) is 67.3 Å². The Labute approximate surface area is 280 Å². The molecule has 0 bridgehead atoms. The smallest absolute Gasteiger partial charge is 0.261 e. The molecule has 10 heteroatoms. The number of carbonyl (C=O) groups excluding carboxylic acids is 3. The molecule has 0 saturated carbocycles. The number of amides is 3. The lowest BCUT2D eigenvalue weighted by Crippen LogP contribution is -2.42. The Bertz CT molecular complexity index is 2030. The van der Waals surface area contributed by atoms with E-state index < -0.39 is 10.0 Å². The summed E-state index contributed by atoms with van der Waals surface area (Å²) < 4.78 is 33.4. The fourth-order valence-corrected chi connectivity index (χ4v) is 7.43. The van der Waals surface area contributed by atoms with Crippen molar-refractivity contribution in [3.63, 3.8) is 0 Å². The Balaban J connectivity index is 1.25. The summed E-state index contributed by atoms with van der Waals surface area (Å²) >= 11 is 0. The van der Waals surface area contributed by atoms with E-state index in [1.165, 1.54) is 33.5 Å². The maximum Gasteiger partial charge on any atom is 0.261 e. The molecule has 0 saturated heterocycles. The second kappa shape index (κ2) is 13.8. The van der Waals surface area contributed by atoms with Crippen molar-refractivity contribution in [2.75, 3.05) is 31.1 Å². The van der Waals surface area contributed by atoms with Gasteiger partial charge >= 0.3 is 0 Å². The van der Waals surface area contributed by atoms with E-state index in [0.717, 1.165) is 5.39 Å². The Morgan fingerprint density at radius 3 is 1.88 bits per heavy atom. The SMILES string of the molecule is CCN(CC)S(=O)(=O)c1ccc(C(=O)N(CCCN2C(=O)c3cccc4cccc(c34)C2=O)c2ccc(Oc3ccccc3)cc2)cc1. The van der Waals surface area contributed by atoms with Crippen LogP contribution < -0.4 is 9.64 Å². The van der Waals surface area contributed by atoms with Crippen LogP contribution in [0.4, 0.5) is 5.69 Å². The minimum absolute atomic E-state index is 0.0996. The van der Waals surface area contributed by atoms with Crippen molar-refractivity contribution < 1.29 is 27.5 Å². The quantitative estimate of drug-likeness (QED) is 0.134. The van der Waals surface area contributed by atoms with E-state index in [0.29, 0.717) is 58.8 Å². The van der Waals surface area contributed by atoms with E-state index in [-0.39, 0.29) is 35.7 Å². The van der Waals surface area contributed by atoms with Gasteiger partial charge in [-0.05, 0) is 84.6 Å². The molecular weight excluding hydrogens is 627 g/mol. The predicted molar refractivity (Wildman–Crippen MR) is 185 cm³/mol. The molecule has 0 atom stereocenters. The molecule has 48 heavy (non-hydrogen) atoms. The van der Waals surface area contributed by atoms with Gasteiger partial charge in [0.25, 0.3) is 17.7 Å². The van der Waals surface area contributed by atoms with Gasteiger partial charge in [0.05, 0.1) is 4.90 Å². The molecule has 5 aromatic carbocycles. The van der Waals surface area contributed by atoms with Crippen molar-refractivity contribution >= 4 is 44.2 Å². The van der Waals surface area contributed by atoms with Gasteiger partial charge in [0.2, 0.25) is 10.0 Å². The number of rotatable bonds is 12.